The summed E-state index contributed by atoms with van der Waals surface area (Å²) in [4.78, 5) is 0. The lowest BCUT2D eigenvalue weighted by Crippen LogP contribution is -1.92. The third kappa shape index (κ3) is 1.54. The highest BCUT2D eigenvalue weighted by atomic mass is 19.1. The second-order valence-electron chi connectivity index (χ2n) is 4.05. The number of rotatable bonds is 0. The third-order valence-electron chi connectivity index (χ3n) is 2.98. The summed E-state index contributed by atoms with van der Waals surface area (Å²) in [5.74, 6) is -0.161. The van der Waals surface area contributed by atoms with E-state index in [-0.39, 0.29) is 5.82 Å². The molecule has 0 amide bonds. The van der Waals surface area contributed by atoms with Crippen molar-refractivity contribution in [2.24, 2.45) is 0 Å². The molecule has 0 nitrogen and oxygen atoms in total. The van der Waals surface area contributed by atoms with Crippen LogP contribution >= 0.6 is 0 Å². The average Bonchev–Trinajstić information content (AvgIpc) is 2.47. The molecule has 2 aromatic rings. The van der Waals surface area contributed by atoms with Crippen LogP contribution in [0, 0.1) is 5.82 Å². The Kier molecular flexibility index (Phi) is 2.10. The normalized spacial score (nSPS) is 12.8. The van der Waals surface area contributed by atoms with Crippen molar-refractivity contribution in [1.82, 2.24) is 0 Å². The maximum Gasteiger partial charge on any atom is 0.123 e. The van der Waals surface area contributed by atoms with E-state index in [4.69, 9.17) is 0 Å². The van der Waals surface area contributed by atoms with E-state index >= 15 is 0 Å². The van der Waals surface area contributed by atoms with Crippen LogP contribution in [0.2, 0.25) is 0 Å². The molecule has 0 spiro atoms. The molecule has 0 N–H and O–H groups in total. The first-order chi connectivity index (χ1) is 7.83. The van der Waals surface area contributed by atoms with E-state index in [9.17, 15) is 4.39 Å². The summed E-state index contributed by atoms with van der Waals surface area (Å²) in [6.45, 7) is 0. The largest absolute Gasteiger partial charge is 0.207 e. The summed E-state index contributed by atoms with van der Waals surface area (Å²) >= 11 is 0. The summed E-state index contributed by atoms with van der Waals surface area (Å²) in [5.41, 5.74) is 4.64. The van der Waals surface area contributed by atoms with Gasteiger partial charge in [0.25, 0.3) is 0 Å². The molecule has 0 saturated carbocycles. The standard InChI is InChI=1S/C15H11F/c16-15-8-7-12-6-5-11-3-1-2-4-13(11)9-14(12)10-15/h1-8,10H,9H2. The van der Waals surface area contributed by atoms with Crippen LogP contribution in [0.15, 0.2) is 42.5 Å². The molecule has 2 aromatic carbocycles. The molecule has 1 heteroatoms. The Balaban J connectivity index is 2.18. The van der Waals surface area contributed by atoms with Crippen molar-refractivity contribution in [1.29, 1.82) is 0 Å². The van der Waals surface area contributed by atoms with Gasteiger partial charge in [-0.3, -0.25) is 0 Å². The van der Waals surface area contributed by atoms with E-state index in [0.717, 1.165) is 17.5 Å². The molecule has 0 unspecified atom stereocenters. The molecule has 0 aromatic heterocycles. The molecule has 16 heavy (non-hydrogen) atoms. The zero-order chi connectivity index (χ0) is 11.0. The Hall–Kier alpha value is -1.89. The summed E-state index contributed by atoms with van der Waals surface area (Å²) in [7, 11) is 0. The number of fused-ring (bicyclic) bond motifs is 2. The van der Waals surface area contributed by atoms with Gasteiger partial charge in [-0.2, -0.15) is 0 Å². The van der Waals surface area contributed by atoms with Gasteiger partial charge in [-0.05, 0) is 40.8 Å². The fourth-order valence-corrected chi connectivity index (χ4v) is 2.13. The average molecular weight is 210 g/mol. The van der Waals surface area contributed by atoms with Crippen LogP contribution in [0.1, 0.15) is 22.3 Å². The molecule has 0 radical (unpaired) electrons. The molecule has 3 rings (SSSR count). The van der Waals surface area contributed by atoms with Gasteiger partial charge in [-0.1, -0.05) is 42.5 Å². The molecular weight excluding hydrogens is 199 g/mol. The number of hydrogen-bond acceptors (Lipinski definition) is 0. The van der Waals surface area contributed by atoms with Crippen molar-refractivity contribution in [3.05, 3.63) is 70.5 Å². The Labute approximate surface area is 94.1 Å². The minimum absolute atomic E-state index is 0.161. The van der Waals surface area contributed by atoms with E-state index in [0.29, 0.717) is 0 Å². The first-order valence-corrected chi connectivity index (χ1v) is 5.37. The predicted molar refractivity (Wildman–Crippen MR) is 64.6 cm³/mol. The number of halogens is 1. The second kappa shape index (κ2) is 3.60. The minimum Gasteiger partial charge on any atom is -0.207 e. The van der Waals surface area contributed by atoms with E-state index in [2.05, 4.69) is 24.3 Å². The van der Waals surface area contributed by atoms with Gasteiger partial charge in [0.2, 0.25) is 0 Å². The lowest BCUT2D eigenvalue weighted by atomic mass is 10.00. The van der Waals surface area contributed by atoms with Crippen molar-refractivity contribution < 1.29 is 4.39 Å². The quantitative estimate of drug-likeness (QED) is 0.528. The first-order valence-electron chi connectivity index (χ1n) is 5.37. The van der Waals surface area contributed by atoms with E-state index < -0.39 is 0 Å². The fourth-order valence-electron chi connectivity index (χ4n) is 2.13. The van der Waals surface area contributed by atoms with E-state index in [1.165, 1.54) is 17.2 Å². The van der Waals surface area contributed by atoms with Crippen LogP contribution in [0.25, 0.3) is 12.2 Å². The second-order valence-corrected chi connectivity index (χ2v) is 4.05. The molecule has 0 aliphatic heterocycles. The van der Waals surface area contributed by atoms with Gasteiger partial charge in [-0.25, -0.2) is 4.39 Å². The molecule has 0 saturated heterocycles. The van der Waals surface area contributed by atoms with E-state index in [1.54, 1.807) is 6.07 Å². The van der Waals surface area contributed by atoms with Crippen LogP contribution in [0.4, 0.5) is 4.39 Å². The highest BCUT2D eigenvalue weighted by Crippen LogP contribution is 2.24. The van der Waals surface area contributed by atoms with Crippen LogP contribution < -0.4 is 0 Å². The lowest BCUT2D eigenvalue weighted by molar-refractivity contribution is 0.626. The third-order valence-corrected chi connectivity index (χ3v) is 2.98. The molecule has 0 heterocycles. The Bertz CT molecular complexity index is 567. The van der Waals surface area contributed by atoms with Gasteiger partial charge in [0.05, 0.1) is 0 Å². The van der Waals surface area contributed by atoms with Crippen molar-refractivity contribution >= 4 is 12.2 Å². The molecule has 1 aliphatic carbocycles. The number of hydrogen-bond donors (Lipinski definition) is 0. The fraction of sp³-hybridized carbons (Fsp3) is 0.0667. The SMILES string of the molecule is Fc1ccc2c(c1)Cc1ccccc1C=C2. The molecule has 0 fully saturated rings. The van der Waals surface area contributed by atoms with Gasteiger partial charge >= 0.3 is 0 Å². The predicted octanol–water partition coefficient (Wildman–Crippen LogP) is 3.90. The van der Waals surface area contributed by atoms with Gasteiger partial charge in [0.1, 0.15) is 5.82 Å². The van der Waals surface area contributed by atoms with Crippen LogP contribution in [-0.2, 0) is 6.42 Å². The molecular formula is C15H11F. The Morgan fingerprint density at radius 2 is 1.56 bits per heavy atom. The zero-order valence-corrected chi connectivity index (χ0v) is 8.78. The first kappa shape index (κ1) is 9.34. The monoisotopic (exact) mass is 210 g/mol. The van der Waals surface area contributed by atoms with Crippen molar-refractivity contribution in [2.45, 2.75) is 6.42 Å². The summed E-state index contributed by atoms with van der Waals surface area (Å²) < 4.78 is 13.2. The van der Waals surface area contributed by atoms with Gasteiger partial charge in [0.15, 0.2) is 0 Å². The van der Waals surface area contributed by atoms with Crippen LogP contribution in [0.5, 0.6) is 0 Å². The molecule has 0 bridgehead atoms. The smallest absolute Gasteiger partial charge is 0.123 e. The molecule has 1 aliphatic rings. The number of benzene rings is 2. The minimum atomic E-state index is -0.161. The van der Waals surface area contributed by atoms with Crippen molar-refractivity contribution in [2.75, 3.05) is 0 Å². The lowest BCUT2D eigenvalue weighted by Gasteiger charge is -2.05. The van der Waals surface area contributed by atoms with Gasteiger partial charge in [0, 0.05) is 0 Å². The maximum absolute atomic E-state index is 13.2. The van der Waals surface area contributed by atoms with Crippen LogP contribution in [0.3, 0.4) is 0 Å². The van der Waals surface area contributed by atoms with Gasteiger partial charge < -0.3 is 0 Å². The highest BCUT2D eigenvalue weighted by molar-refractivity contribution is 5.75. The van der Waals surface area contributed by atoms with Gasteiger partial charge in [-0.15, -0.1) is 0 Å². The Morgan fingerprint density at radius 1 is 0.812 bits per heavy atom. The summed E-state index contributed by atoms with van der Waals surface area (Å²) in [5, 5.41) is 0. The topological polar surface area (TPSA) is 0 Å². The van der Waals surface area contributed by atoms with E-state index in [1.807, 2.05) is 18.2 Å². The summed E-state index contributed by atoms with van der Waals surface area (Å²) in [6, 6.07) is 13.2. The molecule has 78 valence electrons. The van der Waals surface area contributed by atoms with Crippen molar-refractivity contribution in [3.63, 3.8) is 0 Å². The maximum atomic E-state index is 13.2. The summed E-state index contributed by atoms with van der Waals surface area (Å²) in [6.07, 6.45) is 4.95. The Morgan fingerprint density at radius 3 is 2.44 bits per heavy atom. The zero-order valence-electron chi connectivity index (χ0n) is 8.78. The van der Waals surface area contributed by atoms with Crippen molar-refractivity contribution in [3.8, 4) is 0 Å². The van der Waals surface area contributed by atoms with Crippen LogP contribution in [-0.4, -0.2) is 0 Å². The highest BCUT2D eigenvalue weighted by Gasteiger charge is 2.09. The molecule has 0 atom stereocenters.